The highest BCUT2D eigenvalue weighted by Gasteiger charge is 2.23. The summed E-state index contributed by atoms with van der Waals surface area (Å²) < 4.78 is 1.10. The van der Waals surface area contributed by atoms with Gasteiger partial charge in [-0.1, -0.05) is 23.5 Å². The maximum Gasteiger partial charge on any atom is 0.243 e. The summed E-state index contributed by atoms with van der Waals surface area (Å²) in [5.41, 5.74) is 0.933. The van der Waals surface area contributed by atoms with Gasteiger partial charge in [0.2, 0.25) is 5.91 Å². The van der Waals surface area contributed by atoms with Crippen molar-refractivity contribution in [1.82, 2.24) is 15.2 Å². The van der Waals surface area contributed by atoms with Gasteiger partial charge in [0, 0.05) is 26.2 Å². The number of benzene rings is 1. The van der Waals surface area contributed by atoms with Gasteiger partial charge in [-0.15, -0.1) is 0 Å². The van der Waals surface area contributed by atoms with Crippen molar-refractivity contribution in [3.05, 3.63) is 24.3 Å². The van der Waals surface area contributed by atoms with E-state index in [2.05, 4.69) is 20.5 Å². The first-order chi connectivity index (χ1) is 9.74. The Kier molecular flexibility index (Phi) is 3.95. The van der Waals surface area contributed by atoms with Crippen molar-refractivity contribution in [1.29, 1.82) is 0 Å². The summed E-state index contributed by atoms with van der Waals surface area (Å²) in [4.78, 5) is 18.9. The number of fused-ring (bicyclic) bond motifs is 1. The molecule has 1 amide bonds. The average molecular weight is 290 g/mol. The highest BCUT2D eigenvalue weighted by Crippen LogP contribution is 2.25. The second-order valence-corrected chi connectivity index (χ2v) is 5.97. The first kappa shape index (κ1) is 13.5. The van der Waals surface area contributed by atoms with Gasteiger partial charge in [-0.05, 0) is 19.1 Å². The van der Waals surface area contributed by atoms with Gasteiger partial charge in [0.1, 0.15) is 0 Å². The Balaban J connectivity index is 1.68. The molecular weight excluding hydrogens is 272 g/mol. The lowest BCUT2D eigenvalue weighted by Gasteiger charge is -2.31. The number of amides is 1. The molecule has 2 aromatic rings. The number of thiazole rings is 1. The third kappa shape index (κ3) is 2.82. The van der Waals surface area contributed by atoms with E-state index in [-0.39, 0.29) is 11.9 Å². The summed E-state index contributed by atoms with van der Waals surface area (Å²) >= 11 is 1.52. The number of para-hydroxylation sites is 1. The number of piperazine rings is 1. The predicted octanol–water partition coefficient (Wildman–Crippen LogP) is 1.53. The number of hydrogen-bond acceptors (Lipinski definition) is 5. The lowest BCUT2D eigenvalue weighted by atomic mass is 10.2. The zero-order valence-corrected chi connectivity index (χ0v) is 12.2. The van der Waals surface area contributed by atoms with Crippen LogP contribution in [0.15, 0.2) is 24.3 Å². The number of carbonyl (C=O) groups is 1. The number of aromatic nitrogens is 1. The van der Waals surface area contributed by atoms with Gasteiger partial charge in [0.25, 0.3) is 0 Å². The van der Waals surface area contributed by atoms with E-state index in [1.54, 1.807) is 0 Å². The van der Waals surface area contributed by atoms with E-state index in [1.165, 1.54) is 11.3 Å². The van der Waals surface area contributed by atoms with Crippen LogP contribution in [0.4, 0.5) is 5.13 Å². The lowest BCUT2D eigenvalue weighted by molar-refractivity contribution is -0.120. The fourth-order valence-corrected chi connectivity index (χ4v) is 3.24. The number of rotatable bonds is 3. The molecule has 2 heterocycles. The molecule has 2 N–H and O–H groups in total. The van der Waals surface area contributed by atoms with E-state index in [4.69, 9.17) is 0 Å². The van der Waals surface area contributed by atoms with Crippen molar-refractivity contribution < 1.29 is 4.79 Å². The zero-order chi connectivity index (χ0) is 13.9. The molecule has 3 rings (SSSR count). The van der Waals surface area contributed by atoms with E-state index in [9.17, 15) is 4.79 Å². The van der Waals surface area contributed by atoms with Gasteiger partial charge >= 0.3 is 0 Å². The van der Waals surface area contributed by atoms with Crippen LogP contribution in [0.2, 0.25) is 0 Å². The molecule has 0 aliphatic carbocycles. The van der Waals surface area contributed by atoms with E-state index < -0.39 is 0 Å². The van der Waals surface area contributed by atoms with Crippen molar-refractivity contribution in [3.63, 3.8) is 0 Å². The predicted molar refractivity (Wildman–Crippen MR) is 82.2 cm³/mol. The Bertz CT molecular complexity index is 573. The van der Waals surface area contributed by atoms with Crippen LogP contribution in [-0.2, 0) is 4.79 Å². The molecule has 1 aliphatic heterocycles. The van der Waals surface area contributed by atoms with Crippen LogP contribution in [0.5, 0.6) is 0 Å². The molecule has 0 bridgehead atoms. The molecule has 106 valence electrons. The van der Waals surface area contributed by atoms with Crippen LogP contribution >= 0.6 is 11.3 Å². The minimum Gasteiger partial charge on any atom is -0.314 e. The van der Waals surface area contributed by atoms with Crippen LogP contribution in [0.1, 0.15) is 6.92 Å². The summed E-state index contributed by atoms with van der Waals surface area (Å²) in [5, 5.41) is 6.91. The Morgan fingerprint density at radius 2 is 2.15 bits per heavy atom. The van der Waals surface area contributed by atoms with E-state index >= 15 is 0 Å². The smallest absolute Gasteiger partial charge is 0.243 e. The maximum absolute atomic E-state index is 12.3. The monoisotopic (exact) mass is 290 g/mol. The molecule has 1 atom stereocenters. The minimum absolute atomic E-state index is 0.0194. The van der Waals surface area contributed by atoms with Crippen molar-refractivity contribution in [3.8, 4) is 0 Å². The van der Waals surface area contributed by atoms with Gasteiger partial charge in [0.15, 0.2) is 5.13 Å². The summed E-state index contributed by atoms with van der Waals surface area (Å²) in [6.07, 6.45) is 0. The summed E-state index contributed by atoms with van der Waals surface area (Å²) in [5.74, 6) is 0.0194. The van der Waals surface area contributed by atoms with Gasteiger partial charge in [0.05, 0.1) is 16.3 Å². The minimum atomic E-state index is -0.121. The van der Waals surface area contributed by atoms with Crippen LogP contribution < -0.4 is 10.6 Å². The average Bonchev–Trinajstić information content (AvgIpc) is 2.89. The SMILES string of the molecule is CC(C(=O)Nc1nc2ccccc2s1)N1CCNCC1. The molecule has 0 spiro atoms. The number of carbonyl (C=O) groups excluding carboxylic acids is 1. The maximum atomic E-state index is 12.3. The second-order valence-electron chi connectivity index (χ2n) is 4.94. The third-order valence-electron chi connectivity index (χ3n) is 3.60. The van der Waals surface area contributed by atoms with Crippen molar-refractivity contribution >= 4 is 32.6 Å². The number of hydrogen-bond donors (Lipinski definition) is 2. The zero-order valence-electron chi connectivity index (χ0n) is 11.4. The molecule has 1 aliphatic rings. The van der Waals surface area contributed by atoms with Crippen molar-refractivity contribution in [2.24, 2.45) is 0 Å². The van der Waals surface area contributed by atoms with Gasteiger partial charge < -0.3 is 10.6 Å². The Morgan fingerprint density at radius 3 is 2.90 bits per heavy atom. The summed E-state index contributed by atoms with van der Waals surface area (Å²) in [6, 6.07) is 7.79. The highest BCUT2D eigenvalue weighted by molar-refractivity contribution is 7.22. The quantitative estimate of drug-likeness (QED) is 0.900. The molecule has 1 aromatic heterocycles. The van der Waals surface area contributed by atoms with E-state index in [0.717, 1.165) is 36.4 Å². The molecule has 20 heavy (non-hydrogen) atoms. The van der Waals surface area contributed by atoms with Crippen LogP contribution in [0.3, 0.4) is 0 Å². The first-order valence-electron chi connectivity index (χ1n) is 6.85. The molecule has 1 aromatic carbocycles. The largest absolute Gasteiger partial charge is 0.314 e. The Morgan fingerprint density at radius 1 is 1.40 bits per heavy atom. The van der Waals surface area contributed by atoms with Crippen molar-refractivity contribution in [2.75, 3.05) is 31.5 Å². The fraction of sp³-hybridized carbons (Fsp3) is 0.429. The molecular formula is C14H18N4OS. The molecule has 1 unspecified atom stereocenters. The third-order valence-corrected chi connectivity index (χ3v) is 4.55. The normalized spacial score (nSPS) is 18.1. The van der Waals surface area contributed by atoms with E-state index in [1.807, 2.05) is 31.2 Å². The standard InChI is InChI=1S/C14H18N4OS/c1-10(18-8-6-15-7-9-18)13(19)17-14-16-11-4-2-3-5-12(11)20-14/h2-5,10,15H,6-9H2,1H3,(H,16,17,19). The molecule has 1 saturated heterocycles. The summed E-state index contributed by atoms with van der Waals surface area (Å²) in [6.45, 7) is 5.66. The van der Waals surface area contributed by atoms with Gasteiger partial charge in [-0.25, -0.2) is 4.98 Å². The van der Waals surface area contributed by atoms with Crippen LogP contribution in [0, 0.1) is 0 Å². The number of nitrogens with zero attached hydrogens (tertiary/aromatic N) is 2. The van der Waals surface area contributed by atoms with Gasteiger partial charge in [-0.3, -0.25) is 9.69 Å². The lowest BCUT2D eigenvalue weighted by Crippen LogP contribution is -2.51. The highest BCUT2D eigenvalue weighted by atomic mass is 32.1. The molecule has 1 fully saturated rings. The first-order valence-corrected chi connectivity index (χ1v) is 7.67. The van der Waals surface area contributed by atoms with E-state index in [0.29, 0.717) is 5.13 Å². The Labute approximate surface area is 122 Å². The van der Waals surface area contributed by atoms with Crippen LogP contribution in [0.25, 0.3) is 10.2 Å². The summed E-state index contributed by atoms with van der Waals surface area (Å²) in [7, 11) is 0. The molecule has 0 radical (unpaired) electrons. The molecule has 5 nitrogen and oxygen atoms in total. The Hall–Kier alpha value is -1.50. The number of nitrogens with one attached hydrogen (secondary N) is 2. The van der Waals surface area contributed by atoms with Gasteiger partial charge in [-0.2, -0.15) is 0 Å². The molecule has 6 heteroatoms. The fourth-order valence-electron chi connectivity index (χ4n) is 2.37. The number of anilines is 1. The van der Waals surface area contributed by atoms with Crippen molar-refractivity contribution in [2.45, 2.75) is 13.0 Å². The topological polar surface area (TPSA) is 57.3 Å². The second kappa shape index (κ2) is 5.87. The molecule has 0 saturated carbocycles. The van der Waals surface area contributed by atoms with Crippen LogP contribution in [-0.4, -0.2) is 48.0 Å².